The van der Waals surface area contributed by atoms with Gasteiger partial charge < -0.3 is 151 Å². The van der Waals surface area contributed by atoms with Crippen molar-refractivity contribution in [1.29, 1.82) is 0 Å². The molecule has 542 valence electrons. The highest BCUT2D eigenvalue weighted by Crippen LogP contribution is 2.67. The van der Waals surface area contributed by atoms with Gasteiger partial charge in [-0.15, -0.1) is 0 Å². The first kappa shape index (κ1) is 67.8. The second kappa shape index (κ2) is 24.6. The van der Waals surface area contributed by atoms with Gasteiger partial charge in [0.1, 0.15) is 117 Å². The van der Waals surface area contributed by atoms with Crippen LogP contribution in [-0.2, 0) is 6.42 Å². The Hall–Kier alpha value is -13.0. The van der Waals surface area contributed by atoms with Crippen LogP contribution in [0, 0.1) is 0 Å². The number of benzene rings is 10. The number of hydrogen-bond donors (Lipinski definition) is 25. The van der Waals surface area contributed by atoms with Gasteiger partial charge in [-0.1, -0.05) is 30.3 Å². The van der Waals surface area contributed by atoms with Crippen LogP contribution in [0.1, 0.15) is 132 Å². The molecule has 0 aromatic heterocycles. The molecule has 0 amide bonds. The van der Waals surface area contributed by atoms with E-state index in [0.29, 0.717) is 18.2 Å². The van der Waals surface area contributed by atoms with Gasteiger partial charge in [-0.05, 0) is 88.5 Å². The molecule has 0 saturated heterocycles. The summed E-state index contributed by atoms with van der Waals surface area (Å²) in [6, 6.07) is 20.7. The van der Waals surface area contributed by atoms with Crippen LogP contribution < -0.4 is 23.7 Å². The number of aliphatic hydroxyl groups is 5. The Morgan fingerprint density at radius 3 is 0.771 bits per heavy atom. The van der Waals surface area contributed by atoms with Crippen molar-refractivity contribution in [2.45, 2.75) is 91.1 Å². The number of aromatic hydroxyl groups is 20. The van der Waals surface area contributed by atoms with Crippen LogP contribution in [0.5, 0.6) is 144 Å². The Bertz CT molecular complexity index is 5270. The van der Waals surface area contributed by atoms with Crippen molar-refractivity contribution in [3.05, 3.63) is 205 Å². The summed E-state index contributed by atoms with van der Waals surface area (Å²) in [5.74, 6) is -27.3. The number of fused-ring (bicyclic) bond motifs is 5. The summed E-state index contributed by atoms with van der Waals surface area (Å²) in [4.78, 5) is 0. The Balaban J connectivity index is 1.00. The van der Waals surface area contributed by atoms with Gasteiger partial charge in [-0.25, -0.2) is 0 Å². The zero-order valence-electron chi connectivity index (χ0n) is 53.6. The second-order valence-electron chi connectivity index (χ2n) is 26.3. The lowest BCUT2D eigenvalue weighted by Crippen LogP contribution is -2.40. The summed E-state index contributed by atoms with van der Waals surface area (Å²) in [5.41, 5.74) is -5.67. The molecule has 25 N–H and O–H groups in total. The van der Waals surface area contributed by atoms with Gasteiger partial charge in [0.25, 0.3) is 0 Å². The van der Waals surface area contributed by atoms with E-state index in [0.717, 1.165) is 91.0 Å². The van der Waals surface area contributed by atoms with Gasteiger partial charge in [0.05, 0.1) is 29.8 Å². The quantitative estimate of drug-likeness (QED) is 0.0628. The molecule has 30 nitrogen and oxygen atoms in total. The standard InChI is InChI=1S/C75H62O30/c76-28-16-41(88)51-50(17-28)101-68(24-2-7-31(78)37(84)12-24)63(97)59(51)53-43(90)20-45(92)55-61(65(99)70(103-73(53)55)26-4-9-33(80)39(86)14-26)57-47(94)22-48(95)58-62(66(100)71(105-75(57)58)27-5-10-34(81)40(87)15-27)56-46(93)21-44(91)54-60(64(98)69(104-74(54)56)25-3-8-32(79)38(85)13-25)52-42(89)19-35(82)29-18-49(96)67(102-72(29)52)23-1-6-30(77)36(83)11-23/h1-17,19-22,49,59-71,76-100H,18H2/t49-,59-,60+,61-,62+,63-,64-,65-,66-,67+,68+,69+,70+,71+/m0/s1. The molecule has 5 aliphatic rings. The van der Waals surface area contributed by atoms with Crippen molar-refractivity contribution >= 4 is 0 Å². The van der Waals surface area contributed by atoms with Crippen molar-refractivity contribution in [2.75, 3.05) is 0 Å². The number of hydrogen-bond acceptors (Lipinski definition) is 30. The largest absolute Gasteiger partial charge is 0.508 e. The number of phenolic OH excluding ortho intramolecular Hbond substituents is 20. The number of ether oxygens (including phenoxy) is 5. The highest BCUT2D eigenvalue weighted by molar-refractivity contribution is 5.75. The van der Waals surface area contributed by atoms with Gasteiger partial charge in [0.15, 0.2) is 81.9 Å². The number of phenols is 20. The van der Waals surface area contributed by atoms with E-state index in [4.69, 9.17) is 23.7 Å². The summed E-state index contributed by atoms with van der Waals surface area (Å²) >= 11 is 0. The van der Waals surface area contributed by atoms with Crippen molar-refractivity contribution in [2.24, 2.45) is 0 Å². The third-order valence-corrected chi connectivity index (χ3v) is 20.2. The van der Waals surface area contributed by atoms with Crippen LogP contribution in [0.4, 0.5) is 0 Å². The molecule has 10 aromatic carbocycles. The molecule has 0 unspecified atom stereocenters. The molecule has 5 aliphatic heterocycles. The van der Waals surface area contributed by atoms with E-state index in [1.807, 2.05) is 0 Å². The van der Waals surface area contributed by atoms with Crippen LogP contribution in [0.15, 0.2) is 127 Å². The molecular formula is C75H62O30. The molecule has 105 heavy (non-hydrogen) atoms. The molecular weight excluding hydrogens is 1380 g/mol. The van der Waals surface area contributed by atoms with Crippen molar-refractivity contribution < 1.29 is 151 Å². The van der Waals surface area contributed by atoms with E-state index in [1.54, 1.807) is 0 Å². The lowest BCUT2D eigenvalue weighted by atomic mass is 9.71. The Kier molecular flexibility index (Phi) is 15.9. The number of aliphatic hydroxyl groups excluding tert-OH is 5. The summed E-state index contributed by atoms with van der Waals surface area (Å²) < 4.78 is 32.8. The first-order valence-corrected chi connectivity index (χ1v) is 32.1. The third-order valence-electron chi connectivity index (χ3n) is 20.2. The van der Waals surface area contributed by atoms with Gasteiger partial charge in [0.2, 0.25) is 0 Å². The van der Waals surface area contributed by atoms with E-state index in [1.165, 1.54) is 18.2 Å². The first-order chi connectivity index (χ1) is 49.9. The van der Waals surface area contributed by atoms with Gasteiger partial charge >= 0.3 is 0 Å². The maximum atomic E-state index is 13.4. The van der Waals surface area contributed by atoms with E-state index in [9.17, 15) is 128 Å². The van der Waals surface area contributed by atoms with Gasteiger partial charge in [-0.3, -0.25) is 0 Å². The lowest BCUT2D eigenvalue weighted by molar-refractivity contribution is -0.0101. The zero-order chi connectivity index (χ0) is 74.7. The summed E-state index contributed by atoms with van der Waals surface area (Å²) in [6.45, 7) is 0. The summed E-state index contributed by atoms with van der Waals surface area (Å²) in [5, 5.41) is 294. The van der Waals surface area contributed by atoms with Crippen molar-refractivity contribution in [3.63, 3.8) is 0 Å². The molecule has 15 rings (SSSR count). The Morgan fingerprint density at radius 2 is 0.467 bits per heavy atom. The predicted octanol–water partition coefficient (Wildman–Crippen LogP) is 7.34. The second-order valence-corrected chi connectivity index (χ2v) is 26.3. The molecule has 0 bridgehead atoms. The molecule has 0 aliphatic carbocycles. The molecule has 14 atom stereocenters. The van der Waals surface area contributed by atoms with Gasteiger partial charge in [-0.2, -0.15) is 0 Å². The topological polar surface area (TPSA) is 552 Å². The van der Waals surface area contributed by atoms with E-state index in [-0.39, 0.29) is 44.7 Å². The summed E-state index contributed by atoms with van der Waals surface area (Å²) in [6.07, 6.45) is -19.9. The maximum absolute atomic E-state index is 13.4. The third kappa shape index (κ3) is 10.7. The minimum Gasteiger partial charge on any atom is -0.508 e. The SMILES string of the molecule is Oc1cc(O)c2c(c1)O[C@H](c1ccc(O)c(O)c1)[C@@H](O)[C@@H]2c1c(O)cc(O)c2c1O[C@H](c1ccc(O)c(O)c1)[C@@H](O)[C@@H]2c1c(O)cc(O)c2c1O[C@H](c1ccc(O)c(O)c1)[C@@H](O)[C@@H]2c1c(O)cc(O)c2c1O[C@H](c1ccc(O)c(O)c1)[C@@H](O)[C@@H]2c1c(O)cc(O)c2c1O[C@H](c1ccc(O)c(O)c1)[C@@H](O)C2. The minimum atomic E-state index is -2.31. The molecule has 10 aromatic rings. The average Bonchev–Trinajstić information content (AvgIpc) is 0.718. The molecule has 30 heteroatoms. The fourth-order valence-electron chi connectivity index (χ4n) is 15.4. The fraction of sp³-hybridized carbons (Fsp3) is 0.200. The highest BCUT2D eigenvalue weighted by Gasteiger charge is 2.55. The van der Waals surface area contributed by atoms with Gasteiger partial charge in [0, 0.05) is 92.9 Å². The predicted molar refractivity (Wildman–Crippen MR) is 356 cm³/mol. The number of rotatable bonds is 9. The normalized spacial score (nSPS) is 24.2. The zero-order valence-corrected chi connectivity index (χ0v) is 53.6. The van der Waals surface area contributed by atoms with Crippen molar-refractivity contribution in [1.82, 2.24) is 0 Å². The Labute approximate surface area is 589 Å². The van der Waals surface area contributed by atoms with E-state index in [2.05, 4.69) is 0 Å². The average molecular weight is 1440 g/mol. The molecule has 0 saturated carbocycles. The Morgan fingerprint density at radius 1 is 0.219 bits per heavy atom. The van der Waals surface area contributed by atoms with Crippen LogP contribution in [0.3, 0.4) is 0 Å². The van der Waals surface area contributed by atoms with Crippen LogP contribution in [0.2, 0.25) is 0 Å². The first-order valence-electron chi connectivity index (χ1n) is 32.1. The molecule has 0 fully saturated rings. The van der Waals surface area contributed by atoms with Crippen LogP contribution in [-0.4, -0.2) is 158 Å². The lowest BCUT2D eigenvalue weighted by Gasteiger charge is -2.45. The monoisotopic (exact) mass is 1440 g/mol. The maximum Gasteiger partial charge on any atom is 0.157 e. The van der Waals surface area contributed by atoms with E-state index < -0.39 is 268 Å². The fourth-order valence-corrected chi connectivity index (χ4v) is 15.4. The minimum absolute atomic E-state index is 0.0287. The smallest absolute Gasteiger partial charge is 0.157 e. The molecule has 5 heterocycles. The molecule has 0 radical (unpaired) electrons. The molecule has 0 spiro atoms. The van der Waals surface area contributed by atoms with Crippen molar-refractivity contribution in [3.8, 4) is 144 Å². The highest BCUT2D eigenvalue weighted by atomic mass is 16.5. The van der Waals surface area contributed by atoms with E-state index >= 15 is 0 Å². The van der Waals surface area contributed by atoms with Crippen LogP contribution in [0.25, 0.3) is 0 Å². The van der Waals surface area contributed by atoms with Crippen LogP contribution >= 0.6 is 0 Å². The summed E-state index contributed by atoms with van der Waals surface area (Å²) in [7, 11) is 0.